The molecule has 0 spiro atoms. The van der Waals surface area contributed by atoms with E-state index in [1.807, 2.05) is 48.5 Å². The van der Waals surface area contributed by atoms with Crippen molar-refractivity contribution in [3.8, 4) is 0 Å². The monoisotopic (exact) mass is 391 g/mol. The average Bonchev–Trinajstić information content (AvgIpc) is 3.25. The van der Waals surface area contributed by atoms with Crippen molar-refractivity contribution < 1.29 is 9.53 Å². The van der Waals surface area contributed by atoms with Crippen molar-refractivity contribution >= 4 is 17.7 Å². The first-order valence-electron chi connectivity index (χ1n) is 10.8. The van der Waals surface area contributed by atoms with Gasteiger partial charge in [0.15, 0.2) is 0 Å². The molecular weight excluding hydrogens is 342 g/mol. The predicted molar refractivity (Wildman–Crippen MR) is 121 cm³/mol. The van der Waals surface area contributed by atoms with Gasteiger partial charge in [-0.15, -0.1) is 0 Å². The number of carbonyl (C=O) groups excluding carboxylic acids is 1. The van der Waals surface area contributed by atoms with Gasteiger partial charge < -0.3 is 10.1 Å². The number of ether oxygens (including phenoxy) is 1. The molecule has 160 valence electrons. The van der Waals surface area contributed by atoms with Crippen molar-refractivity contribution in [2.45, 2.75) is 120 Å². The third kappa shape index (κ3) is 18.6. The van der Waals surface area contributed by atoms with E-state index in [0.717, 1.165) is 6.42 Å². The summed E-state index contributed by atoms with van der Waals surface area (Å²) in [6.07, 6.45) is 5.06. The largest absolute Gasteiger partial charge is 0.459 e. The second-order valence-electron chi connectivity index (χ2n) is 7.28. The molecule has 0 aliphatic carbocycles. The Labute approximate surface area is 169 Å². The van der Waals surface area contributed by atoms with Crippen molar-refractivity contribution in [3.63, 3.8) is 0 Å². The summed E-state index contributed by atoms with van der Waals surface area (Å²) >= 11 is 2.07. The van der Waals surface area contributed by atoms with Gasteiger partial charge in [0.05, 0.1) is 0 Å². The molecule has 4 heteroatoms. The van der Waals surface area contributed by atoms with Crippen LogP contribution < -0.4 is 5.32 Å². The summed E-state index contributed by atoms with van der Waals surface area (Å²) in [5.74, 6) is 3.27. The molecule has 2 unspecified atom stereocenters. The van der Waals surface area contributed by atoms with E-state index in [9.17, 15) is 4.79 Å². The standard InChI is InChI=1S/C11H21NO2.C4H8S.C3H8.2C2H6/c1-7-6-9(12-8(7)2)10(13)14-11(3,4)5;1-2-4-5-3-1;1-3-2;2*1-2/h7-9,12H,6H2,1-5H3;1-4H2;3H2,1-2H3;2*1-2H3/t7-,8?,9?;;;;/m0..../s1. The number of hydrogen-bond donors (Lipinski definition) is 1. The summed E-state index contributed by atoms with van der Waals surface area (Å²) in [5, 5.41) is 3.25. The highest BCUT2D eigenvalue weighted by Crippen LogP contribution is 2.21. The topological polar surface area (TPSA) is 38.3 Å². The molecule has 2 rings (SSSR count). The normalized spacial score (nSPS) is 23.6. The van der Waals surface area contributed by atoms with E-state index >= 15 is 0 Å². The zero-order valence-corrected chi connectivity index (χ0v) is 20.5. The van der Waals surface area contributed by atoms with Gasteiger partial charge in [-0.2, -0.15) is 11.8 Å². The Hall–Kier alpha value is -0.220. The van der Waals surface area contributed by atoms with E-state index in [-0.39, 0.29) is 17.6 Å². The van der Waals surface area contributed by atoms with E-state index in [2.05, 4.69) is 44.8 Å². The van der Waals surface area contributed by atoms with Crippen LogP contribution in [-0.4, -0.2) is 35.2 Å². The lowest BCUT2D eigenvalue weighted by Crippen LogP contribution is -2.39. The molecule has 2 fully saturated rings. The number of thioether (sulfide) groups is 1. The van der Waals surface area contributed by atoms with E-state index in [4.69, 9.17) is 4.74 Å². The van der Waals surface area contributed by atoms with Crippen molar-refractivity contribution in [2.24, 2.45) is 5.92 Å². The second kappa shape index (κ2) is 19.5. The van der Waals surface area contributed by atoms with Gasteiger partial charge in [-0.25, -0.2) is 0 Å². The van der Waals surface area contributed by atoms with Gasteiger partial charge in [-0.05, 0) is 64.4 Å². The van der Waals surface area contributed by atoms with Crippen LogP contribution in [0, 0.1) is 5.92 Å². The van der Waals surface area contributed by atoms with E-state index < -0.39 is 0 Å². The molecule has 0 radical (unpaired) electrons. The van der Waals surface area contributed by atoms with Crippen LogP contribution in [0.1, 0.15) is 102 Å². The SMILES string of the molecule is C1CCSC1.CC.CC.CC1NC(C(=O)OC(C)(C)C)C[C@@H]1C.CCC. The molecule has 0 aromatic rings. The van der Waals surface area contributed by atoms with E-state index in [1.54, 1.807) is 0 Å². The van der Waals surface area contributed by atoms with Crippen LogP contribution in [-0.2, 0) is 9.53 Å². The van der Waals surface area contributed by atoms with Crippen LogP contribution in [0.15, 0.2) is 0 Å². The Morgan fingerprint density at radius 3 is 1.69 bits per heavy atom. The minimum absolute atomic E-state index is 0.112. The fourth-order valence-corrected chi connectivity index (χ4v) is 3.19. The molecule has 0 aromatic carbocycles. The minimum atomic E-state index is -0.381. The van der Waals surface area contributed by atoms with Gasteiger partial charge >= 0.3 is 5.97 Å². The van der Waals surface area contributed by atoms with Crippen LogP contribution in [0.5, 0.6) is 0 Å². The highest BCUT2D eigenvalue weighted by atomic mass is 32.2. The van der Waals surface area contributed by atoms with E-state index in [0.29, 0.717) is 12.0 Å². The zero-order chi connectivity index (χ0) is 21.2. The second-order valence-corrected chi connectivity index (χ2v) is 8.51. The minimum Gasteiger partial charge on any atom is -0.459 e. The highest BCUT2D eigenvalue weighted by molar-refractivity contribution is 7.99. The van der Waals surface area contributed by atoms with Crippen LogP contribution in [0.4, 0.5) is 0 Å². The fraction of sp³-hybridized carbons (Fsp3) is 0.955. The van der Waals surface area contributed by atoms with Crippen LogP contribution >= 0.6 is 11.8 Å². The predicted octanol–water partition coefficient (Wildman–Crippen LogP) is 6.70. The highest BCUT2D eigenvalue weighted by Gasteiger charge is 2.34. The smallest absolute Gasteiger partial charge is 0.323 e. The maximum atomic E-state index is 11.7. The Bertz CT molecular complexity index is 281. The van der Waals surface area contributed by atoms with Crippen LogP contribution in [0.25, 0.3) is 0 Å². The first kappa shape index (κ1) is 30.5. The molecule has 2 heterocycles. The molecule has 2 aliphatic heterocycles. The van der Waals surface area contributed by atoms with E-state index in [1.165, 1.54) is 30.8 Å². The summed E-state index contributed by atoms with van der Waals surface area (Å²) in [6.45, 7) is 22.2. The first-order chi connectivity index (χ1) is 12.2. The van der Waals surface area contributed by atoms with Crippen molar-refractivity contribution in [1.29, 1.82) is 0 Å². The maximum Gasteiger partial charge on any atom is 0.323 e. The maximum absolute atomic E-state index is 11.7. The number of nitrogens with one attached hydrogen (secondary N) is 1. The summed E-state index contributed by atoms with van der Waals surface area (Å²) in [7, 11) is 0. The fourth-order valence-electron chi connectivity index (χ4n) is 2.17. The number of carbonyl (C=O) groups is 1. The van der Waals surface area contributed by atoms with Gasteiger partial charge in [-0.3, -0.25) is 4.79 Å². The molecule has 0 bridgehead atoms. The van der Waals surface area contributed by atoms with Crippen LogP contribution in [0.2, 0.25) is 0 Å². The Balaban J connectivity index is -0.000000362. The number of hydrogen-bond acceptors (Lipinski definition) is 4. The summed E-state index contributed by atoms with van der Waals surface area (Å²) < 4.78 is 5.32. The van der Waals surface area contributed by atoms with Gasteiger partial charge in [0.25, 0.3) is 0 Å². The number of esters is 1. The summed E-state index contributed by atoms with van der Waals surface area (Å²) in [6, 6.07) is 0.298. The van der Waals surface area contributed by atoms with Crippen LogP contribution in [0.3, 0.4) is 0 Å². The Morgan fingerprint density at radius 2 is 1.46 bits per heavy atom. The Kier molecular flexibility index (Phi) is 22.9. The molecule has 2 saturated heterocycles. The molecule has 2 aliphatic rings. The number of rotatable bonds is 1. The molecule has 1 N–H and O–H groups in total. The summed E-state index contributed by atoms with van der Waals surface area (Å²) in [5.41, 5.74) is -0.381. The molecule has 0 saturated carbocycles. The zero-order valence-electron chi connectivity index (χ0n) is 19.7. The lowest BCUT2D eigenvalue weighted by molar-refractivity contribution is -0.157. The van der Waals surface area contributed by atoms with Gasteiger partial charge in [0.2, 0.25) is 0 Å². The molecule has 0 aromatic heterocycles. The van der Waals surface area contributed by atoms with Crippen molar-refractivity contribution in [3.05, 3.63) is 0 Å². The van der Waals surface area contributed by atoms with Gasteiger partial charge in [0.1, 0.15) is 11.6 Å². The van der Waals surface area contributed by atoms with Gasteiger partial charge in [-0.1, -0.05) is 54.9 Å². The third-order valence-electron chi connectivity index (χ3n) is 3.44. The van der Waals surface area contributed by atoms with Crippen molar-refractivity contribution in [2.75, 3.05) is 11.5 Å². The van der Waals surface area contributed by atoms with Gasteiger partial charge in [0, 0.05) is 6.04 Å². The molecule has 3 atom stereocenters. The molecule has 3 nitrogen and oxygen atoms in total. The molecule has 26 heavy (non-hydrogen) atoms. The average molecular weight is 392 g/mol. The summed E-state index contributed by atoms with van der Waals surface area (Å²) in [4.78, 5) is 11.7. The lowest BCUT2D eigenvalue weighted by atomic mass is 10.0. The molecule has 0 amide bonds. The third-order valence-corrected chi connectivity index (χ3v) is 4.60. The molecular formula is C22H49NO2S. The first-order valence-corrected chi connectivity index (χ1v) is 11.9. The lowest BCUT2D eigenvalue weighted by Gasteiger charge is -2.22. The van der Waals surface area contributed by atoms with Crippen molar-refractivity contribution in [1.82, 2.24) is 5.32 Å². The quantitative estimate of drug-likeness (QED) is 0.505. The Morgan fingerprint density at radius 1 is 1.04 bits per heavy atom.